The fourth-order valence-corrected chi connectivity index (χ4v) is 2.47. The molecule has 1 N–H and O–H groups in total. The Labute approximate surface area is 120 Å². The molecule has 0 aliphatic carbocycles. The number of carbonyl (C=O) groups excluding carboxylic acids is 1. The Balaban J connectivity index is 1.83. The molecule has 0 saturated carbocycles. The molecular weight excluding hydrogens is 250 g/mol. The van der Waals surface area contributed by atoms with E-state index in [1.54, 1.807) is 0 Å². The Hall–Kier alpha value is -1.86. The average molecular weight is 271 g/mol. The lowest BCUT2D eigenvalue weighted by atomic mass is 9.95. The van der Waals surface area contributed by atoms with E-state index in [-0.39, 0.29) is 5.91 Å². The third-order valence-corrected chi connectivity index (χ3v) is 3.87. The van der Waals surface area contributed by atoms with Crippen molar-refractivity contribution in [2.45, 2.75) is 25.7 Å². The molecule has 106 valence electrons. The number of rotatable bonds is 4. The predicted molar refractivity (Wildman–Crippen MR) is 78.3 cm³/mol. The fourth-order valence-electron chi connectivity index (χ4n) is 2.47. The third kappa shape index (κ3) is 3.82. The number of nitrogens with one attached hydrogen (secondary N) is 1. The molecule has 1 saturated heterocycles. The minimum atomic E-state index is 0.256. The van der Waals surface area contributed by atoms with E-state index in [4.69, 9.17) is 5.26 Å². The molecule has 0 radical (unpaired) electrons. The highest BCUT2D eigenvalue weighted by atomic mass is 16.2. The van der Waals surface area contributed by atoms with Gasteiger partial charge in [-0.1, -0.05) is 19.1 Å². The number of hydrogen-bond donors (Lipinski definition) is 1. The van der Waals surface area contributed by atoms with Crippen LogP contribution in [-0.4, -0.2) is 37.0 Å². The first-order valence-corrected chi connectivity index (χ1v) is 7.19. The van der Waals surface area contributed by atoms with Crippen LogP contribution in [0.5, 0.6) is 0 Å². The van der Waals surface area contributed by atoms with E-state index in [1.165, 1.54) is 5.56 Å². The summed E-state index contributed by atoms with van der Waals surface area (Å²) in [5.41, 5.74) is 1.87. The van der Waals surface area contributed by atoms with Gasteiger partial charge in [0.05, 0.1) is 11.6 Å². The first kappa shape index (κ1) is 14.5. The van der Waals surface area contributed by atoms with Gasteiger partial charge in [0.2, 0.25) is 5.91 Å². The second-order valence-corrected chi connectivity index (χ2v) is 5.30. The Kier molecular flexibility index (Phi) is 5.14. The molecule has 1 amide bonds. The van der Waals surface area contributed by atoms with Crippen molar-refractivity contribution in [2.75, 3.05) is 26.2 Å². The Morgan fingerprint density at radius 3 is 2.60 bits per heavy atom. The highest BCUT2D eigenvalue weighted by Gasteiger charge is 2.17. The van der Waals surface area contributed by atoms with Crippen molar-refractivity contribution in [3.05, 3.63) is 35.4 Å². The molecule has 2 rings (SSSR count). The molecule has 1 aromatic carbocycles. The van der Waals surface area contributed by atoms with Gasteiger partial charge in [-0.3, -0.25) is 4.79 Å². The summed E-state index contributed by atoms with van der Waals surface area (Å²) in [4.78, 5) is 14.0. The second kappa shape index (κ2) is 7.06. The topological polar surface area (TPSA) is 56.1 Å². The molecule has 0 aromatic heterocycles. The summed E-state index contributed by atoms with van der Waals surface area (Å²) in [6, 6.07) is 9.76. The number of carbonyl (C=O) groups is 1. The molecule has 4 nitrogen and oxygen atoms in total. The first-order valence-electron chi connectivity index (χ1n) is 7.19. The number of piperazine rings is 1. The van der Waals surface area contributed by atoms with Gasteiger partial charge in [-0.25, -0.2) is 0 Å². The Morgan fingerprint density at radius 1 is 1.35 bits per heavy atom. The summed E-state index contributed by atoms with van der Waals surface area (Å²) < 4.78 is 0. The van der Waals surface area contributed by atoms with Crippen molar-refractivity contribution < 1.29 is 4.79 Å². The van der Waals surface area contributed by atoms with E-state index in [9.17, 15) is 4.79 Å². The van der Waals surface area contributed by atoms with Gasteiger partial charge in [0.1, 0.15) is 0 Å². The number of nitriles is 1. The number of benzene rings is 1. The lowest BCUT2D eigenvalue weighted by Crippen LogP contribution is -2.46. The lowest BCUT2D eigenvalue weighted by molar-refractivity contribution is -0.131. The van der Waals surface area contributed by atoms with Gasteiger partial charge < -0.3 is 10.2 Å². The molecule has 1 unspecified atom stereocenters. The highest BCUT2D eigenvalue weighted by molar-refractivity contribution is 5.76. The van der Waals surface area contributed by atoms with E-state index in [0.29, 0.717) is 17.9 Å². The molecular formula is C16H21N3O. The standard InChI is InChI=1S/C16H21N3O/c1-13(15-5-3-14(12-17)4-6-15)2-7-16(20)19-10-8-18-9-11-19/h3-6,13,18H,2,7-11H2,1H3. The quantitative estimate of drug-likeness (QED) is 0.909. The van der Waals surface area contributed by atoms with E-state index in [1.807, 2.05) is 29.2 Å². The average Bonchev–Trinajstić information content (AvgIpc) is 2.53. The van der Waals surface area contributed by atoms with Crippen molar-refractivity contribution >= 4 is 5.91 Å². The fraction of sp³-hybridized carbons (Fsp3) is 0.500. The van der Waals surface area contributed by atoms with Crippen molar-refractivity contribution in [3.63, 3.8) is 0 Å². The minimum absolute atomic E-state index is 0.256. The Morgan fingerprint density at radius 2 is 2.00 bits per heavy atom. The molecule has 4 heteroatoms. The predicted octanol–water partition coefficient (Wildman–Crippen LogP) is 1.87. The Bertz CT molecular complexity index is 483. The van der Waals surface area contributed by atoms with Crippen molar-refractivity contribution in [1.29, 1.82) is 5.26 Å². The molecule has 1 aromatic rings. The van der Waals surface area contributed by atoms with Crippen LogP contribution in [0.4, 0.5) is 0 Å². The number of nitrogens with zero attached hydrogens (tertiary/aromatic N) is 2. The molecule has 20 heavy (non-hydrogen) atoms. The van der Waals surface area contributed by atoms with E-state index >= 15 is 0 Å². The number of hydrogen-bond acceptors (Lipinski definition) is 3. The maximum atomic E-state index is 12.1. The van der Waals surface area contributed by atoms with Crippen LogP contribution in [0, 0.1) is 11.3 Å². The smallest absolute Gasteiger partial charge is 0.222 e. The van der Waals surface area contributed by atoms with Gasteiger partial charge in [0.15, 0.2) is 0 Å². The van der Waals surface area contributed by atoms with E-state index in [2.05, 4.69) is 18.3 Å². The van der Waals surface area contributed by atoms with Gasteiger partial charge in [0.25, 0.3) is 0 Å². The molecule has 1 atom stereocenters. The zero-order valence-electron chi connectivity index (χ0n) is 11.9. The molecule has 1 aliphatic rings. The van der Waals surface area contributed by atoms with Crippen LogP contribution in [0.3, 0.4) is 0 Å². The zero-order chi connectivity index (χ0) is 14.4. The van der Waals surface area contributed by atoms with Gasteiger partial charge in [0, 0.05) is 32.6 Å². The monoisotopic (exact) mass is 271 g/mol. The van der Waals surface area contributed by atoms with E-state index in [0.717, 1.165) is 32.6 Å². The molecule has 1 fully saturated rings. The van der Waals surface area contributed by atoms with Crippen LogP contribution >= 0.6 is 0 Å². The van der Waals surface area contributed by atoms with Crippen LogP contribution in [0.15, 0.2) is 24.3 Å². The summed E-state index contributed by atoms with van der Waals surface area (Å²) in [6.45, 7) is 5.58. The number of amides is 1. The maximum Gasteiger partial charge on any atom is 0.222 e. The lowest BCUT2D eigenvalue weighted by Gasteiger charge is -2.27. The molecule has 0 spiro atoms. The second-order valence-electron chi connectivity index (χ2n) is 5.30. The molecule has 1 heterocycles. The summed E-state index contributed by atoms with van der Waals surface area (Å²) in [5.74, 6) is 0.599. The normalized spacial score (nSPS) is 16.5. The minimum Gasteiger partial charge on any atom is -0.340 e. The van der Waals surface area contributed by atoms with Crippen molar-refractivity contribution in [1.82, 2.24) is 10.2 Å². The van der Waals surface area contributed by atoms with Crippen molar-refractivity contribution in [3.8, 4) is 6.07 Å². The first-order chi connectivity index (χ1) is 9.70. The SMILES string of the molecule is CC(CCC(=O)N1CCNCC1)c1ccc(C#N)cc1. The summed E-state index contributed by atoms with van der Waals surface area (Å²) >= 11 is 0. The molecule has 1 aliphatic heterocycles. The van der Waals surface area contributed by atoms with Gasteiger partial charge in [-0.05, 0) is 30.0 Å². The van der Waals surface area contributed by atoms with E-state index < -0.39 is 0 Å². The summed E-state index contributed by atoms with van der Waals surface area (Å²) in [5, 5.41) is 12.0. The zero-order valence-corrected chi connectivity index (χ0v) is 11.9. The van der Waals surface area contributed by atoms with Gasteiger partial charge >= 0.3 is 0 Å². The van der Waals surface area contributed by atoms with Crippen LogP contribution in [0.2, 0.25) is 0 Å². The van der Waals surface area contributed by atoms with Crippen LogP contribution in [-0.2, 0) is 4.79 Å². The van der Waals surface area contributed by atoms with Gasteiger partial charge in [-0.15, -0.1) is 0 Å². The summed E-state index contributed by atoms with van der Waals surface area (Å²) in [6.07, 6.45) is 1.45. The third-order valence-electron chi connectivity index (χ3n) is 3.87. The van der Waals surface area contributed by atoms with Crippen LogP contribution < -0.4 is 5.32 Å². The van der Waals surface area contributed by atoms with Crippen LogP contribution in [0.1, 0.15) is 36.8 Å². The highest BCUT2D eigenvalue weighted by Crippen LogP contribution is 2.21. The van der Waals surface area contributed by atoms with Crippen LogP contribution in [0.25, 0.3) is 0 Å². The molecule has 0 bridgehead atoms. The largest absolute Gasteiger partial charge is 0.340 e. The van der Waals surface area contributed by atoms with Crippen molar-refractivity contribution in [2.24, 2.45) is 0 Å². The van der Waals surface area contributed by atoms with Gasteiger partial charge in [-0.2, -0.15) is 5.26 Å². The summed E-state index contributed by atoms with van der Waals surface area (Å²) in [7, 11) is 0. The maximum absolute atomic E-state index is 12.1.